The van der Waals surface area contributed by atoms with Crippen LogP contribution in [0.3, 0.4) is 0 Å². The van der Waals surface area contributed by atoms with E-state index in [1.807, 2.05) is 6.07 Å². The number of aliphatic hydroxyl groups is 1. The van der Waals surface area contributed by atoms with Gasteiger partial charge in [-0.2, -0.15) is 5.26 Å². The van der Waals surface area contributed by atoms with Crippen LogP contribution in [0, 0.1) is 18.3 Å². The lowest BCUT2D eigenvalue weighted by Crippen LogP contribution is -2.13. The third kappa shape index (κ3) is 2.12. The van der Waals surface area contributed by atoms with E-state index in [1.54, 1.807) is 13.0 Å². The SMILES string of the molecule is COc1cc(C)cc(C#N)c1C(O)C(=O)O. The van der Waals surface area contributed by atoms with Gasteiger partial charge in [-0.1, -0.05) is 0 Å². The largest absolute Gasteiger partial charge is 0.496 e. The van der Waals surface area contributed by atoms with Crippen molar-refractivity contribution in [2.45, 2.75) is 13.0 Å². The molecule has 1 unspecified atom stereocenters. The zero-order valence-corrected chi connectivity index (χ0v) is 8.89. The topological polar surface area (TPSA) is 90.5 Å². The van der Waals surface area contributed by atoms with Crippen molar-refractivity contribution in [3.63, 3.8) is 0 Å². The van der Waals surface area contributed by atoms with Crippen LogP contribution in [0.25, 0.3) is 0 Å². The number of methoxy groups -OCH3 is 1. The van der Waals surface area contributed by atoms with Crippen LogP contribution in [0.15, 0.2) is 12.1 Å². The van der Waals surface area contributed by atoms with Gasteiger partial charge in [-0.3, -0.25) is 0 Å². The Morgan fingerprint density at radius 3 is 2.62 bits per heavy atom. The van der Waals surface area contributed by atoms with Gasteiger partial charge in [0, 0.05) is 0 Å². The lowest BCUT2D eigenvalue weighted by molar-refractivity contribution is -0.147. The number of aliphatic carboxylic acids is 1. The number of carboxylic acid groups (broad SMARTS) is 1. The molecule has 0 aliphatic rings. The van der Waals surface area contributed by atoms with E-state index in [9.17, 15) is 9.90 Å². The number of nitrogens with zero attached hydrogens (tertiary/aromatic N) is 1. The van der Waals surface area contributed by atoms with Crippen LogP contribution in [-0.2, 0) is 4.79 Å². The summed E-state index contributed by atoms with van der Waals surface area (Å²) >= 11 is 0. The summed E-state index contributed by atoms with van der Waals surface area (Å²) in [6.07, 6.45) is -1.76. The predicted molar refractivity (Wildman–Crippen MR) is 55.0 cm³/mol. The molecule has 0 radical (unpaired) electrons. The molecule has 0 fully saturated rings. The molecule has 16 heavy (non-hydrogen) atoms. The van der Waals surface area contributed by atoms with Gasteiger partial charge in [0.25, 0.3) is 0 Å². The fraction of sp³-hybridized carbons (Fsp3) is 0.273. The second-order valence-electron chi connectivity index (χ2n) is 3.28. The summed E-state index contributed by atoms with van der Waals surface area (Å²) in [5.74, 6) is -1.22. The number of hydrogen-bond donors (Lipinski definition) is 2. The first-order valence-corrected chi connectivity index (χ1v) is 4.50. The molecule has 0 spiro atoms. The number of aliphatic hydroxyl groups excluding tert-OH is 1. The first-order chi connectivity index (χ1) is 7.51. The molecule has 0 aromatic heterocycles. The van der Waals surface area contributed by atoms with Gasteiger partial charge in [-0.05, 0) is 24.6 Å². The van der Waals surface area contributed by atoms with Crippen LogP contribution >= 0.6 is 0 Å². The van der Waals surface area contributed by atoms with Gasteiger partial charge in [0.15, 0.2) is 6.10 Å². The number of carbonyl (C=O) groups is 1. The molecule has 84 valence electrons. The molecule has 1 rings (SSSR count). The number of rotatable bonds is 3. The van der Waals surface area contributed by atoms with Crippen molar-refractivity contribution in [1.82, 2.24) is 0 Å². The first kappa shape index (κ1) is 12.0. The monoisotopic (exact) mass is 221 g/mol. The van der Waals surface area contributed by atoms with Crippen molar-refractivity contribution in [3.8, 4) is 11.8 Å². The Morgan fingerprint density at radius 1 is 1.56 bits per heavy atom. The Hall–Kier alpha value is -2.06. The summed E-state index contributed by atoms with van der Waals surface area (Å²) in [5.41, 5.74) is 0.851. The molecule has 5 nitrogen and oxygen atoms in total. The highest BCUT2D eigenvalue weighted by Gasteiger charge is 2.24. The Morgan fingerprint density at radius 2 is 2.19 bits per heavy atom. The van der Waals surface area contributed by atoms with Crippen molar-refractivity contribution >= 4 is 5.97 Å². The van der Waals surface area contributed by atoms with Gasteiger partial charge in [0.05, 0.1) is 24.3 Å². The van der Waals surface area contributed by atoms with E-state index >= 15 is 0 Å². The van der Waals surface area contributed by atoms with E-state index in [1.165, 1.54) is 13.2 Å². The van der Waals surface area contributed by atoms with E-state index in [-0.39, 0.29) is 16.9 Å². The average molecular weight is 221 g/mol. The Bertz CT molecular complexity index is 462. The molecule has 0 aliphatic heterocycles. The van der Waals surface area contributed by atoms with Crippen LogP contribution in [0.4, 0.5) is 0 Å². The molecule has 2 N–H and O–H groups in total. The van der Waals surface area contributed by atoms with E-state index in [0.717, 1.165) is 5.56 Å². The number of aryl methyl sites for hydroxylation is 1. The summed E-state index contributed by atoms with van der Waals surface area (Å²) < 4.78 is 4.97. The summed E-state index contributed by atoms with van der Waals surface area (Å²) in [6.45, 7) is 1.75. The minimum atomic E-state index is -1.76. The Kier molecular flexibility index (Phi) is 3.48. The first-order valence-electron chi connectivity index (χ1n) is 4.50. The maximum absolute atomic E-state index is 10.7. The molecule has 5 heteroatoms. The molecule has 1 aromatic rings. The highest BCUT2D eigenvalue weighted by atomic mass is 16.5. The van der Waals surface area contributed by atoms with Crippen molar-refractivity contribution in [3.05, 3.63) is 28.8 Å². The molecule has 1 atom stereocenters. The number of ether oxygens (including phenoxy) is 1. The van der Waals surface area contributed by atoms with E-state index in [2.05, 4.69) is 0 Å². The minimum absolute atomic E-state index is 0.0110. The van der Waals surface area contributed by atoms with Crippen LogP contribution in [0.2, 0.25) is 0 Å². The van der Waals surface area contributed by atoms with E-state index in [4.69, 9.17) is 15.1 Å². The van der Waals surface area contributed by atoms with Crippen LogP contribution < -0.4 is 4.74 Å². The number of carboxylic acids is 1. The highest BCUT2D eigenvalue weighted by molar-refractivity contribution is 5.76. The molecule has 0 saturated carbocycles. The smallest absolute Gasteiger partial charge is 0.337 e. The molecular weight excluding hydrogens is 210 g/mol. The quantitative estimate of drug-likeness (QED) is 0.794. The Balaban J connectivity index is 3.46. The lowest BCUT2D eigenvalue weighted by atomic mass is 9.99. The van der Waals surface area contributed by atoms with Gasteiger partial charge in [0.2, 0.25) is 0 Å². The number of hydrogen-bond acceptors (Lipinski definition) is 4. The van der Waals surface area contributed by atoms with E-state index in [0.29, 0.717) is 0 Å². The van der Waals surface area contributed by atoms with Gasteiger partial charge in [-0.25, -0.2) is 4.79 Å². The number of benzene rings is 1. The molecule has 0 bridgehead atoms. The molecule has 0 saturated heterocycles. The maximum Gasteiger partial charge on any atom is 0.337 e. The molecule has 0 aliphatic carbocycles. The van der Waals surface area contributed by atoms with Crippen LogP contribution in [0.5, 0.6) is 5.75 Å². The molecular formula is C11H11NO4. The minimum Gasteiger partial charge on any atom is -0.496 e. The summed E-state index contributed by atoms with van der Waals surface area (Å²) in [7, 11) is 1.36. The third-order valence-corrected chi connectivity index (χ3v) is 2.13. The van der Waals surface area contributed by atoms with Crippen LogP contribution in [0.1, 0.15) is 22.8 Å². The standard InChI is InChI=1S/C11H11NO4/c1-6-3-7(5-12)9(8(4-6)16-2)10(13)11(14)15/h3-4,10,13H,1-2H3,(H,14,15). The van der Waals surface area contributed by atoms with E-state index < -0.39 is 12.1 Å². The summed E-state index contributed by atoms with van der Waals surface area (Å²) in [6, 6.07) is 4.92. The Labute approximate surface area is 92.5 Å². The maximum atomic E-state index is 10.7. The molecule has 1 aromatic carbocycles. The van der Waals surface area contributed by atoms with Crippen molar-refractivity contribution in [1.29, 1.82) is 5.26 Å². The average Bonchev–Trinajstić information content (AvgIpc) is 2.26. The third-order valence-electron chi connectivity index (χ3n) is 2.13. The fourth-order valence-corrected chi connectivity index (χ4v) is 1.43. The lowest BCUT2D eigenvalue weighted by Gasteiger charge is -2.13. The summed E-state index contributed by atoms with van der Waals surface area (Å²) in [4.78, 5) is 10.7. The molecule has 0 heterocycles. The summed E-state index contributed by atoms with van der Waals surface area (Å²) in [5, 5.41) is 27.1. The van der Waals surface area contributed by atoms with Gasteiger partial charge >= 0.3 is 5.97 Å². The zero-order valence-electron chi connectivity index (χ0n) is 8.89. The second-order valence-corrected chi connectivity index (χ2v) is 3.28. The number of nitriles is 1. The van der Waals surface area contributed by atoms with Gasteiger partial charge in [-0.15, -0.1) is 0 Å². The van der Waals surface area contributed by atoms with Gasteiger partial charge < -0.3 is 14.9 Å². The van der Waals surface area contributed by atoms with Gasteiger partial charge in [0.1, 0.15) is 5.75 Å². The highest BCUT2D eigenvalue weighted by Crippen LogP contribution is 2.30. The normalized spacial score (nSPS) is 11.6. The predicted octanol–water partition coefficient (Wildman–Crippen LogP) is 0.993. The zero-order chi connectivity index (χ0) is 12.3. The van der Waals surface area contributed by atoms with Crippen molar-refractivity contribution in [2.24, 2.45) is 0 Å². The molecule has 0 amide bonds. The van der Waals surface area contributed by atoms with Crippen LogP contribution in [-0.4, -0.2) is 23.3 Å². The second kappa shape index (κ2) is 4.64. The fourth-order valence-electron chi connectivity index (χ4n) is 1.43. The van der Waals surface area contributed by atoms with Crippen molar-refractivity contribution in [2.75, 3.05) is 7.11 Å². The van der Waals surface area contributed by atoms with Crippen molar-refractivity contribution < 1.29 is 19.7 Å².